The molecule has 1 aliphatic heterocycles. The number of halogens is 2. The third kappa shape index (κ3) is 4.51. The third-order valence-corrected chi connectivity index (χ3v) is 4.68. The van der Waals surface area contributed by atoms with Gasteiger partial charge in [-0.15, -0.1) is 23.7 Å². The van der Waals surface area contributed by atoms with Crippen molar-refractivity contribution < 1.29 is 13.9 Å². The van der Waals surface area contributed by atoms with Crippen molar-refractivity contribution in [2.45, 2.75) is 31.5 Å². The fourth-order valence-electron chi connectivity index (χ4n) is 2.53. The Morgan fingerprint density at radius 2 is 2.21 bits per heavy atom. The predicted molar refractivity (Wildman–Crippen MR) is 94.1 cm³/mol. The van der Waals surface area contributed by atoms with Gasteiger partial charge in [-0.25, -0.2) is 9.37 Å². The maximum atomic E-state index is 13.7. The van der Waals surface area contributed by atoms with Crippen LogP contribution in [0.5, 0.6) is 0 Å². The molecule has 5 nitrogen and oxygen atoms in total. The number of hydrogen-bond donors (Lipinski definition) is 2. The maximum absolute atomic E-state index is 13.7. The Morgan fingerprint density at radius 3 is 2.92 bits per heavy atom. The number of benzene rings is 1. The number of aromatic nitrogens is 1. The monoisotopic (exact) mass is 371 g/mol. The van der Waals surface area contributed by atoms with Crippen molar-refractivity contribution >= 4 is 34.8 Å². The molecule has 24 heavy (non-hydrogen) atoms. The van der Waals surface area contributed by atoms with Crippen LogP contribution in [0.1, 0.15) is 23.3 Å². The highest BCUT2D eigenvalue weighted by molar-refractivity contribution is 7.15. The number of anilines is 1. The van der Waals surface area contributed by atoms with Gasteiger partial charge in [-0.2, -0.15) is 0 Å². The summed E-state index contributed by atoms with van der Waals surface area (Å²) in [7, 11) is 0. The Bertz CT molecular complexity index is 697. The third-order valence-electron chi connectivity index (χ3n) is 3.77. The van der Waals surface area contributed by atoms with Crippen LogP contribution >= 0.6 is 23.7 Å². The van der Waals surface area contributed by atoms with Crippen LogP contribution < -0.4 is 11.1 Å². The van der Waals surface area contributed by atoms with Crippen LogP contribution in [-0.2, 0) is 16.0 Å². The molecule has 2 heterocycles. The topological polar surface area (TPSA) is 77.2 Å². The SMILES string of the molecule is Cl.NC[C@H]1CC[C@@H](C(=O)Nc2ncc(Cc3ccccc3F)s2)O1. The lowest BCUT2D eigenvalue weighted by Gasteiger charge is -2.11. The number of thiazole rings is 1. The number of nitrogens with one attached hydrogen (secondary N) is 1. The first-order valence-corrected chi connectivity index (χ1v) is 8.32. The highest BCUT2D eigenvalue weighted by Crippen LogP contribution is 2.24. The van der Waals surface area contributed by atoms with Crippen molar-refractivity contribution in [3.8, 4) is 0 Å². The fraction of sp³-hybridized carbons (Fsp3) is 0.375. The van der Waals surface area contributed by atoms with E-state index < -0.39 is 6.10 Å². The second kappa shape index (κ2) is 8.53. The van der Waals surface area contributed by atoms with Crippen LogP contribution in [0.3, 0.4) is 0 Å². The minimum atomic E-state index is -0.470. The summed E-state index contributed by atoms with van der Waals surface area (Å²) in [4.78, 5) is 17.2. The molecule has 1 aromatic heterocycles. The average Bonchev–Trinajstić information content (AvgIpc) is 3.19. The Hall–Kier alpha value is -1.54. The first kappa shape index (κ1) is 18.8. The van der Waals surface area contributed by atoms with E-state index in [2.05, 4.69) is 10.3 Å². The minimum Gasteiger partial charge on any atom is -0.364 e. The predicted octanol–water partition coefficient (Wildman–Crippen LogP) is 2.74. The summed E-state index contributed by atoms with van der Waals surface area (Å²) in [6, 6.07) is 6.64. The zero-order valence-corrected chi connectivity index (χ0v) is 14.5. The van der Waals surface area contributed by atoms with Crippen LogP contribution in [0, 0.1) is 5.82 Å². The van der Waals surface area contributed by atoms with E-state index in [1.54, 1.807) is 24.4 Å². The van der Waals surface area contributed by atoms with Gasteiger partial charge < -0.3 is 10.5 Å². The number of ether oxygens (including phenoxy) is 1. The number of hydrogen-bond acceptors (Lipinski definition) is 5. The Balaban J connectivity index is 0.00000208. The Labute approximate surface area is 149 Å². The van der Waals surface area contributed by atoms with Crippen molar-refractivity contribution in [3.05, 3.63) is 46.7 Å². The van der Waals surface area contributed by atoms with Gasteiger partial charge in [-0.3, -0.25) is 10.1 Å². The lowest BCUT2D eigenvalue weighted by molar-refractivity contribution is -0.126. The quantitative estimate of drug-likeness (QED) is 0.847. The molecule has 3 rings (SSSR count). The molecule has 0 spiro atoms. The lowest BCUT2D eigenvalue weighted by atomic mass is 10.1. The second-order valence-electron chi connectivity index (χ2n) is 5.45. The minimum absolute atomic E-state index is 0. The van der Waals surface area contributed by atoms with Crippen LogP contribution in [0.25, 0.3) is 0 Å². The number of nitrogens with two attached hydrogens (primary N) is 1. The van der Waals surface area contributed by atoms with E-state index in [0.717, 1.165) is 11.3 Å². The number of rotatable bonds is 5. The van der Waals surface area contributed by atoms with Crippen molar-refractivity contribution in [2.75, 3.05) is 11.9 Å². The molecular formula is C16H19ClFN3O2S. The van der Waals surface area contributed by atoms with Crippen molar-refractivity contribution in [1.29, 1.82) is 0 Å². The van der Waals surface area contributed by atoms with E-state index in [1.807, 2.05) is 0 Å². The van der Waals surface area contributed by atoms with E-state index in [9.17, 15) is 9.18 Å². The van der Waals surface area contributed by atoms with Gasteiger partial charge in [0.1, 0.15) is 11.9 Å². The second-order valence-corrected chi connectivity index (χ2v) is 6.56. The van der Waals surface area contributed by atoms with Crippen molar-refractivity contribution in [3.63, 3.8) is 0 Å². The van der Waals surface area contributed by atoms with Crippen LogP contribution in [-0.4, -0.2) is 29.6 Å². The van der Waals surface area contributed by atoms with Gasteiger partial charge >= 0.3 is 0 Å². The van der Waals surface area contributed by atoms with Crippen LogP contribution in [0.2, 0.25) is 0 Å². The molecule has 1 saturated heterocycles. The summed E-state index contributed by atoms with van der Waals surface area (Å²) in [5, 5.41) is 3.26. The van der Waals surface area contributed by atoms with E-state index in [0.29, 0.717) is 30.1 Å². The number of nitrogens with zero attached hydrogens (tertiary/aromatic N) is 1. The van der Waals surface area contributed by atoms with Gasteiger partial charge in [-0.1, -0.05) is 18.2 Å². The van der Waals surface area contributed by atoms with Gasteiger partial charge in [-0.05, 0) is 24.5 Å². The van der Waals surface area contributed by atoms with Crippen LogP contribution in [0.4, 0.5) is 9.52 Å². The normalized spacial score (nSPS) is 19.8. The summed E-state index contributed by atoms with van der Waals surface area (Å²) in [6.07, 6.45) is 3.06. The molecule has 0 radical (unpaired) electrons. The molecule has 0 bridgehead atoms. The number of carbonyl (C=O) groups is 1. The summed E-state index contributed by atoms with van der Waals surface area (Å²) in [5.74, 6) is -0.439. The molecule has 3 N–H and O–H groups in total. The largest absolute Gasteiger partial charge is 0.364 e. The average molecular weight is 372 g/mol. The van der Waals surface area contributed by atoms with E-state index in [4.69, 9.17) is 10.5 Å². The van der Waals surface area contributed by atoms with E-state index in [1.165, 1.54) is 17.4 Å². The molecule has 0 unspecified atom stereocenters. The van der Waals surface area contributed by atoms with Gasteiger partial charge in [0.25, 0.3) is 5.91 Å². The Kier molecular flexibility index (Phi) is 6.68. The summed E-state index contributed by atoms with van der Waals surface area (Å²) in [6.45, 7) is 0.424. The zero-order valence-electron chi connectivity index (χ0n) is 12.9. The highest BCUT2D eigenvalue weighted by atomic mass is 35.5. The smallest absolute Gasteiger partial charge is 0.255 e. The lowest BCUT2D eigenvalue weighted by Crippen LogP contribution is -2.29. The molecule has 1 fully saturated rings. The van der Waals surface area contributed by atoms with Crippen molar-refractivity contribution in [2.24, 2.45) is 5.73 Å². The molecule has 0 saturated carbocycles. The number of carbonyl (C=O) groups excluding carboxylic acids is 1. The molecule has 2 aromatic rings. The maximum Gasteiger partial charge on any atom is 0.255 e. The first-order valence-electron chi connectivity index (χ1n) is 7.50. The van der Waals surface area contributed by atoms with Gasteiger partial charge in [0.05, 0.1) is 6.10 Å². The standard InChI is InChI=1S/C16H18FN3O2S.ClH/c17-13-4-2-1-3-10(13)7-12-9-19-16(23-12)20-15(21)14-6-5-11(8-18)22-14;/h1-4,9,11,14H,5-8,18H2,(H,19,20,21);1H/t11-,14+;/m1./s1. The van der Waals surface area contributed by atoms with E-state index in [-0.39, 0.29) is 30.2 Å². The number of amides is 1. The van der Waals surface area contributed by atoms with E-state index >= 15 is 0 Å². The molecule has 1 aromatic carbocycles. The fourth-order valence-corrected chi connectivity index (χ4v) is 3.37. The molecule has 8 heteroatoms. The molecule has 1 amide bonds. The van der Waals surface area contributed by atoms with Crippen molar-refractivity contribution in [1.82, 2.24) is 4.98 Å². The molecule has 1 aliphatic rings. The first-order chi connectivity index (χ1) is 11.2. The summed E-state index contributed by atoms with van der Waals surface area (Å²) >= 11 is 1.34. The van der Waals surface area contributed by atoms with Gasteiger partial charge in [0.2, 0.25) is 0 Å². The molecular weight excluding hydrogens is 353 g/mol. The summed E-state index contributed by atoms with van der Waals surface area (Å²) in [5.41, 5.74) is 6.15. The van der Waals surface area contributed by atoms with Gasteiger partial charge in [0.15, 0.2) is 5.13 Å². The summed E-state index contributed by atoms with van der Waals surface area (Å²) < 4.78 is 19.2. The van der Waals surface area contributed by atoms with Gasteiger partial charge in [0, 0.05) is 24.0 Å². The zero-order chi connectivity index (χ0) is 16.2. The Morgan fingerprint density at radius 1 is 1.42 bits per heavy atom. The molecule has 0 aliphatic carbocycles. The molecule has 130 valence electrons. The van der Waals surface area contributed by atoms with Crippen LogP contribution in [0.15, 0.2) is 30.5 Å². The molecule has 2 atom stereocenters. The highest BCUT2D eigenvalue weighted by Gasteiger charge is 2.30.